The number of nitrogens with zero attached hydrogens (tertiary/aromatic N) is 4. The zero-order valence-electron chi connectivity index (χ0n) is 15.0. The van der Waals surface area contributed by atoms with Crippen molar-refractivity contribution >= 4 is 23.6 Å². The molecule has 1 saturated carbocycles. The molecule has 0 bridgehead atoms. The molecule has 1 aromatic heterocycles. The maximum Gasteiger partial charge on any atom is 0.326 e. The number of nitrogens with one attached hydrogen (secondary N) is 1. The van der Waals surface area contributed by atoms with E-state index in [1.165, 1.54) is 0 Å². The fraction of sp³-hybridized carbons (Fsp3) is 0.667. The van der Waals surface area contributed by atoms with Gasteiger partial charge in [-0.2, -0.15) is 4.98 Å². The SMILES string of the molecule is CNc1ccnc(N2CCC3(CC2)CC(C(=O)O)N(C(=O)C2CC2)C3)n1. The van der Waals surface area contributed by atoms with Gasteiger partial charge in [-0.25, -0.2) is 9.78 Å². The van der Waals surface area contributed by atoms with Crippen LogP contribution >= 0.6 is 0 Å². The largest absolute Gasteiger partial charge is 0.480 e. The van der Waals surface area contributed by atoms with Crippen LogP contribution in [0.5, 0.6) is 0 Å². The monoisotopic (exact) mass is 359 g/mol. The van der Waals surface area contributed by atoms with Crippen molar-refractivity contribution in [2.24, 2.45) is 11.3 Å². The number of carboxylic acids is 1. The van der Waals surface area contributed by atoms with Gasteiger partial charge in [0.2, 0.25) is 11.9 Å². The molecule has 1 amide bonds. The Morgan fingerprint density at radius 2 is 2.04 bits per heavy atom. The molecule has 1 spiro atoms. The van der Waals surface area contributed by atoms with Crippen molar-refractivity contribution in [2.45, 2.75) is 38.1 Å². The maximum atomic E-state index is 12.5. The molecule has 2 aliphatic heterocycles. The highest BCUT2D eigenvalue weighted by molar-refractivity contribution is 5.87. The number of likely N-dealkylation sites (tertiary alicyclic amines) is 1. The first kappa shape index (κ1) is 17.1. The number of aliphatic carboxylic acids is 1. The van der Waals surface area contributed by atoms with E-state index in [-0.39, 0.29) is 17.2 Å². The summed E-state index contributed by atoms with van der Waals surface area (Å²) in [6, 6.07) is 1.16. The molecular formula is C18H25N5O3. The summed E-state index contributed by atoms with van der Waals surface area (Å²) in [5.74, 6) is 0.712. The predicted octanol–water partition coefficient (Wildman–Crippen LogP) is 1.20. The third-order valence-corrected chi connectivity index (χ3v) is 6.01. The van der Waals surface area contributed by atoms with Gasteiger partial charge in [-0.1, -0.05) is 0 Å². The van der Waals surface area contributed by atoms with E-state index in [1.807, 2.05) is 13.1 Å². The molecule has 0 aromatic carbocycles. The van der Waals surface area contributed by atoms with Crippen LogP contribution in [0.2, 0.25) is 0 Å². The second-order valence-electron chi connectivity index (χ2n) is 7.78. The molecule has 26 heavy (non-hydrogen) atoms. The van der Waals surface area contributed by atoms with E-state index >= 15 is 0 Å². The molecule has 3 heterocycles. The molecule has 1 unspecified atom stereocenters. The van der Waals surface area contributed by atoms with Gasteiger partial charge in [0.15, 0.2) is 0 Å². The van der Waals surface area contributed by atoms with Gasteiger partial charge in [-0.05, 0) is 43.6 Å². The van der Waals surface area contributed by atoms with E-state index in [4.69, 9.17) is 0 Å². The number of carbonyl (C=O) groups excluding carboxylic acids is 1. The fourth-order valence-corrected chi connectivity index (χ4v) is 4.26. The van der Waals surface area contributed by atoms with Crippen LogP contribution in [-0.2, 0) is 9.59 Å². The van der Waals surface area contributed by atoms with Gasteiger partial charge in [0.05, 0.1) is 0 Å². The molecule has 0 radical (unpaired) electrons. The first-order chi connectivity index (χ1) is 12.5. The first-order valence-corrected chi connectivity index (χ1v) is 9.30. The summed E-state index contributed by atoms with van der Waals surface area (Å²) in [7, 11) is 1.83. The average Bonchev–Trinajstić information content (AvgIpc) is 3.44. The second-order valence-corrected chi connectivity index (χ2v) is 7.78. The summed E-state index contributed by atoms with van der Waals surface area (Å²) in [6.45, 7) is 2.14. The summed E-state index contributed by atoms with van der Waals surface area (Å²) < 4.78 is 0. The molecular weight excluding hydrogens is 334 g/mol. The smallest absolute Gasteiger partial charge is 0.326 e. The van der Waals surface area contributed by atoms with E-state index in [0.29, 0.717) is 18.9 Å². The Hall–Kier alpha value is -2.38. The van der Waals surface area contributed by atoms with Gasteiger partial charge in [0.1, 0.15) is 11.9 Å². The van der Waals surface area contributed by atoms with Gasteiger partial charge in [-0.3, -0.25) is 4.79 Å². The molecule has 2 saturated heterocycles. The summed E-state index contributed by atoms with van der Waals surface area (Å²) in [4.78, 5) is 36.9. The third-order valence-electron chi connectivity index (χ3n) is 6.01. The highest BCUT2D eigenvalue weighted by Gasteiger charge is 2.51. The molecule has 140 valence electrons. The molecule has 8 nitrogen and oxygen atoms in total. The van der Waals surface area contributed by atoms with Crippen LogP contribution < -0.4 is 10.2 Å². The standard InChI is InChI=1S/C18H25N5O3/c1-19-14-4-7-20-17(21-14)22-8-5-18(6-9-22)10-13(16(25)26)23(11-18)15(24)12-2-3-12/h4,7,12-13H,2-3,5-6,8-11H2,1H3,(H,25,26)(H,19,20,21). The van der Waals surface area contributed by atoms with E-state index in [1.54, 1.807) is 11.1 Å². The molecule has 2 N–H and O–H groups in total. The number of hydrogen-bond acceptors (Lipinski definition) is 6. The Bertz CT molecular complexity index is 713. The fourth-order valence-electron chi connectivity index (χ4n) is 4.26. The number of aromatic nitrogens is 2. The van der Waals surface area contributed by atoms with Gasteiger partial charge in [0, 0.05) is 38.8 Å². The molecule has 3 fully saturated rings. The highest BCUT2D eigenvalue weighted by Crippen LogP contribution is 2.45. The lowest BCUT2D eigenvalue weighted by atomic mass is 9.76. The topological polar surface area (TPSA) is 98.7 Å². The van der Waals surface area contributed by atoms with E-state index in [9.17, 15) is 14.7 Å². The van der Waals surface area contributed by atoms with Crippen molar-refractivity contribution in [1.29, 1.82) is 0 Å². The van der Waals surface area contributed by atoms with Crippen molar-refractivity contribution in [1.82, 2.24) is 14.9 Å². The molecule has 3 aliphatic rings. The lowest BCUT2D eigenvalue weighted by molar-refractivity contribution is -0.148. The molecule has 4 rings (SSSR count). The Kier molecular flexibility index (Phi) is 4.20. The summed E-state index contributed by atoms with van der Waals surface area (Å²) >= 11 is 0. The maximum absolute atomic E-state index is 12.5. The Morgan fingerprint density at radius 1 is 1.31 bits per heavy atom. The van der Waals surface area contributed by atoms with Crippen LogP contribution in [0.3, 0.4) is 0 Å². The number of piperidine rings is 1. The lowest BCUT2D eigenvalue weighted by Gasteiger charge is -2.39. The number of hydrogen-bond donors (Lipinski definition) is 2. The Labute approximate surface area is 152 Å². The van der Waals surface area contributed by atoms with Crippen molar-refractivity contribution in [3.05, 3.63) is 12.3 Å². The number of rotatable bonds is 4. The van der Waals surface area contributed by atoms with Crippen molar-refractivity contribution in [2.75, 3.05) is 36.9 Å². The normalized spacial score (nSPS) is 24.7. The third kappa shape index (κ3) is 3.08. The minimum atomic E-state index is -0.872. The minimum Gasteiger partial charge on any atom is -0.480 e. The lowest BCUT2D eigenvalue weighted by Crippen LogP contribution is -2.43. The van der Waals surface area contributed by atoms with E-state index in [2.05, 4.69) is 20.2 Å². The van der Waals surface area contributed by atoms with Crippen LogP contribution in [0.15, 0.2) is 12.3 Å². The van der Waals surface area contributed by atoms with Crippen molar-refractivity contribution in [3.8, 4) is 0 Å². The van der Waals surface area contributed by atoms with Crippen molar-refractivity contribution < 1.29 is 14.7 Å². The summed E-state index contributed by atoms with van der Waals surface area (Å²) in [6.07, 6.45) is 5.83. The van der Waals surface area contributed by atoms with Gasteiger partial charge >= 0.3 is 5.97 Å². The minimum absolute atomic E-state index is 0.0433. The van der Waals surface area contributed by atoms with E-state index < -0.39 is 12.0 Å². The number of amides is 1. The average molecular weight is 359 g/mol. The molecule has 1 atom stereocenters. The van der Waals surface area contributed by atoms with Gasteiger partial charge < -0.3 is 20.2 Å². The summed E-state index contributed by atoms with van der Waals surface area (Å²) in [5.41, 5.74) is -0.0925. The van der Waals surface area contributed by atoms with Gasteiger partial charge in [0.25, 0.3) is 0 Å². The van der Waals surface area contributed by atoms with Crippen LogP contribution in [0.4, 0.5) is 11.8 Å². The number of carbonyl (C=O) groups is 2. The number of anilines is 2. The van der Waals surface area contributed by atoms with E-state index in [0.717, 1.165) is 44.6 Å². The van der Waals surface area contributed by atoms with Gasteiger partial charge in [-0.15, -0.1) is 0 Å². The Balaban J connectivity index is 1.45. The second kappa shape index (κ2) is 6.41. The van der Waals surface area contributed by atoms with Crippen LogP contribution in [0.1, 0.15) is 32.1 Å². The highest BCUT2D eigenvalue weighted by atomic mass is 16.4. The summed E-state index contributed by atoms with van der Waals surface area (Å²) in [5, 5.41) is 12.6. The van der Waals surface area contributed by atoms with Crippen LogP contribution in [-0.4, -0.2) is 64.6 Å². The Morgan fingerprint density at radius 3 is 2.65 bits per heavy atom. The molecule has 8 heteroatoms. The predicted molar refractivity (Wildman–Crippen MR) is 95.9 cm³/mol. The first-order valence-electron chi connectivity index (χ1n) is 9.30. The molecule has 1 aromatic rings. The van der Waals surface area contributed by atoms with Crippen LogP contribution in [0, 0.1) is 11.3 Å². The van der Waals surface area contributed by atoms with Crippen molar-refractivity contribution in [3.63, 3.8) is 0 Å². The quantitative estimate of drug-likeness (QED) is 0.833. The number of carboxylic acid groups (broad SMARTS) is 1. The molecule has 1 aliphatic carbocycles. The van der Waals surface area contributed by atoms with Crippen LogP contribution in [0.25, 0.3) is 0 Å². The zero-order chi connectivity index (χ0) is 18.3. The zero-order valence-corrected chi connectivity index (χ0v) is 15.0.